The van der Waals surface area contributed by atoms with Crippen LogP contribution in [0.25, 0.3) is 0 Å². The molecular formula is C13H24N2O2S2. The normalized spacial score (nSPS) is 13.2. The molecule has 1 N–H and O–H groups in total. The highest BCUT2D eigenvalue weighted by atomic mass is 32.2. The number of thiophene rings is 1. The van der Waals surface area contributed by atoms with Crippen molar-refractivity contribution in [1.82, 2.24) is 9.62 Å². The van der Waals surface area contributed by atoms with Crippen LogP contribution in [-0.2, 0) is 16.6 Å². The molecule has 0 radical (unpaired) electrons. The highest BCUT2D eigenvalue weighted by Crippen LogP contribution is 2.31. The highest BCUT2D eigenvalue weighted by Gasteiger charge is 2.33. The van der Waals surface area contributed by atoms with Crippen molar-refractivity contribution in [3.05, 3.63) is 16.5 Å². The molecule has 1 aromatic rings. The summed E-state index contributed by atoms with van der Waals surface area (Å²) in [6.45, 7) is 8.54. The van der Waals surface area contributed by atoms with Crippen LogP contribution in [0.2, 0.25) is 0 Å². The lowest BCUT2D eigenvalue weighted by Gasteiger charge is -2.33. The maximum Gasteiger partial charge on any atom is 0.252 e. The van der Waals surface area contributed by atoms with E-state index in [1.165, 1.54) is 15.6 Å². The number of nitrogens with zero attached hydrogens (tertiary/aromatic N) is 1. The second-order valence-corrected chi connectivity index (χ2v) is 8.67. The third kappa shape index (κ3) is 3.37. The Morgan fingerprint density at radius 1 is 1.42 bits per heavy atom. The van der Waals surface area contributed by atoms with Gasteiger partial charge in [-0.3, -0.25) is 0 Å². The molecule has 0 bridgehead atoms. The fraction of sp³-hybridized carbons (Fsp3) is 0.692. The lowest BCUT2D eigenvalue weighted by Crippen LogP contribution is -2.44. The minimum atomic E-state index is -3.40. The maximum absolute atomic E-state index is 12.6. The van der Waals surface area contributed by atoms with Crippen LogP contribution in [0.3, 0.4) is 0 Å². The molecule has 0 saturated carbocycles. The Hall–Kier alpha value is -0.430. The summed E-state index contributed by atoms with van der Waals surface area (Å²) >= 11 is 1.35. The molecule has 0 unspecified atom stereocenters. The molecule has 0 spiro atoms. The van der Waals surface area contributed by atoms with Crippen molar-refractivity contribution in [2.24, 2.45) is 0 Å². The van der Waals surface area contributed by atoms with Crippen molar-refractivity contribution in [2.75, 3.05) is 14.1 Å². The van der Waals surface area contributed by atoms with Gasteiger partial charge >= 0.3 is 0 Å². The van der Waals surface area contributed by atoms with Gasteiger partial charge in [-0.1, -0.05) is 6.92 Å². The molecule has 1 rings (SSSR count). The predicted molar refractivity (Wildman–Crippen MR) is 81.1 cm³/mol. The first-order chi connectivity index (χ1) is 8.66. The zero-order valence-corrected chi connectivity index (χ0v) is 14.2. The monoisotopic (exact) mass is 304 g/mol. The zero-order valence-electron chi connectivity index (χ0n) is 12.6. The third-order valence-electron chi connectivity index (χ3n) is 3.67. The second kappa shape index (κ2) is 5.91. The fourth-order valence-corrected chi connectivity index (χ4v) is 4.98. The minimum Gasteiger partial charge on any atom is -0.315 e. The van der Waals surface area contributed by atoms with E-state index in [2.05, 4.69) is 5.32 Å². The number of hydrogen-bond donors (Lipinski definition) is 1. The van der Waals surface area contributed by atoms with Crippen LogP contribution in [0.4, 0.5) is 0 Å². The van der Waals surface area contributed by atoms with E-state index in [9.17, 15) is 8.42 Å². The van der Waals surface area contributed by atoms with Crippen molar-refractivity contribution >= 4 is 21.4 Å². The van der Waals surface area contributed by atoms with Crippen molar-refractivity contribution < 1.29 is 8.42 Å². The molecular weight excluding hydrogens is 280 g/mol. The van der Waals surface area contributed by atoms with Crippen molar-refractivity contribution in [2.45, 2.75) is 50.4 Å². The van der Waals surface area contributed by atoms with Gasteiger partial charge in [0.15, 0.2) is 0 Å². The van der Waals surface area contributed by atoms with Gasteiger partial charge in [-0.2, -0.15) is 4.31 Å². The topological polar surface area (TPSA) is 49.4 Å². The van der Waals surface area contributed by atoms with Crippen LogP contribution in [0, 0.1) is 6.92 Å². The Morgan fingerprint density at radius 3 is 2.47 bits per heavy atom. The lowest BCUT2D eigenvalue weighted by molar-refractivity contribution is 0.257. The molecule has 0 amide bonds. The summed E-state index contributed by atoms with van der Waals surface area (Å²) in [4.78, 5) is 1.07. The molecule has 0 aliphatic heterocycles. The van der Waals surface area contributed by atoms with Gasteiger partial charge in [-0.25, -0.2) is 8.42 Å². The average molecular weight is 304 g/mol. The van der Waals surface area contributed by atoms with E-state index < -0.39 is 10.0 Å². The van der Waals surface area contributed by atoms with E-state index in [1.807, 2.05) is 34.7 Å². The molecule has 0 saturated heterocycles. The molecule has 1 heterocycles. The SMILES string of the molecule is CCC(C)(C)N(C)S(=O)(=O)c1cc(C)c(CNC)s1. The molecule has 0 atom stereocenters. The van der Waals surface area contributed by atoms with E-state index in [0.29, 0.717) is 10.8 Å². The first kappa shape index (κ1) is 16.6. The van der Waals surface area contributed by atoms with E-state index in [0.717, 1.165) is 16.9 Å². The standard InChI is InChI=1S/C13H24N2O2S2/c1-7-13(3,4)15(6)19(16,17)12-8-10(2)11(18-12)9-14-5/h8,14H,7,9H2,1-6H3. The minimum absolute atomic E-state index is 0.375. The molecule has 0 fully saturated rings. The largest absolute Gasteiger partial charge is 0.315 e. The van der Waals surface area contributed by atoms with Gasteiger partial charge in [-0.15, -0.1) is 11.3 Å². The summed E-state index contributed by atoms with van der Waals surface area (Å²) in [5.74, 6) is 0. The van der Waals surface area contributed by atoms with Gasteiger partial charge in [0.25, 0.3) is 10.0 Å². The van der Waals surface area contributed by atoms with Gasteiger partial charge in [0.05, 0.1) is 0 Å². The van der Waals surface area contributed by atoms with Crippen molar-refractivity contribution in [1.29, 1.82) is 0 Å². The van der Waals surface area contributed by atoms with Gasteiger partial charge in [0.2, 0.25) is 0 Å². The first-order valence-corrected chi connectivity index (χ1v) is 8.65. The van der Waals surface area contributed by atoms with E-state index in [-0.39, 0.29) is 5.54 Å². The van der Waals surface area contributed by atoms with E-state index in [1.54, 1.807) is 13.1 Å². The van der Waals surface area contributed by atoms with E-state index >= 15 is 0 Å². The molecule has 19 heavy (non-hydrogen) atoms. The van der Waals surface area contributed by atoms with Gasteiger partial charge in [-0.05, 0) is 45.9 Å². The Kier molecular flexibility index (Phi) is 5.17. The maximum atomic E-state index is 12.6. The Balaban J connectivity index is 3.17. The van der Waals surface area contributed by atoms with E-state index in [4.69, 9.17) is 0 Å². The average Bonchev–Trinajstić information content (AvgIpc) is 2.71. The number of nitrogens with one attached hydrogen (secondary N) is 1. The fourth-order valence-electron chi connectivity index (χ4n) is 1.63. The van der Waals surface area contributed by atoms with Gasteiger partial charge in [0, 0.05) is 24.0 Å². The zero-order chi connectivity index (χ0) is 14.8. The van der Waals surface area contributed by atoms with Gasteiger partial charge in [0.1, 0.15) is 4.21 Å². The molecule has 1 aromatic heterocycles. The third-order valence-corrected chi connectivity index (χ3v) is 7.42. The summed E-state index contributed by atoms with van der Waals surface area (Å²) in [7, 11) is 0.114. The highest BCUT2D eigenvalue weighted by molar-refractivity contribution is 7.91. The van der Waals surface area contributed by atoms with Crippen LogP contribution in [0.1, 0.15) is 37.6 Å². The van der Waals surface area contributed by atoms with Crippen LogP contribution in [0.5, 0.6) is 0 Å². The molecule has 0 aromatic carbocycles. The van der Waals surface area contributed by atoms with Crippen molar-refractivity contribution in [3.63, 3.8) is 0 Å². The molecule has 0 aliphatic carbocycles. The quantitative estimate of drug-likeness (QED) is 0.879. The molecule has 110 valence electrons. The summed E-state index contributed by atoms with van der Waals surface area (Å²) in [5, 5.41) is 3.06. The summed E-state index contributed by atoms with van der Waals surface area (Å²) < 4.78 is 27.2. The summed E-state index contributed by atoms with van der Waals surface area (Å²) in [6.07, 6.45) is 0.774. The molecule has 0 aliphatic rings. The Bertz CT molecular complexity index is 533. The summed E-state index contributed by atoms with van der Waals surface area (Å²) in [6, 6.07) is 1.77. The molecule has 6 heteroatoms. The number of rotatable bonds is 6. The summed E-state index contributed by atoms with van der Waals surface area (Å²) in [5.41, 5.74) is 0.653. The number of aryl methyl sites for hydroxylation is 1. The van der Waals surface area contributed by atoms with Crippen LogP contribution in [-0.4, -0.2) is 32.4 Å². The smallest absolute Gasteiger partial charge is 0.252 e. The van der Waals surface area contributed by atoms with Crippen molar-refractivity contribution in [3.8, 4) is 0 Å². The Morgan fingerprint density at radius 2 is 2.00 bits per heavy atom. The van der Waals surface area contributed by atoms with Crippen LogP contribution in [0.15, 0.2) is 10.3 Å². The number of sulfonamides is 1. The van der Waals surface area contributed by atoms with Gasteiger partial charge < -0.3 is 5.32 Å². The van der Waals surface area contributed by atoms with Crippen LogP contribution >= 0.6 is 11.3 Å². The molecule has 4 nitrogen and oxygen atoms in total. The van der Waals surface area contributed by atoms with Crippen LogP contribution < -0.4 is 5.32 Å². The Labute approximate surface area is 120 Å². The predicted octanol–water partition coefficient (Wildman–Crippen LogP) is 2.59. The number of hydrogen-bond acceptors (Lipinski definition) is 4. The lowest BCUT2D eigenvalue weighted by atomic mass is 10.0. The second-order valence-electron chi connectivity index (χ2n) is 5.34. The first-order valence-electron chi connectivity index (χ1n) is 6.39.